The average Bonchev–Trinajstić information content (AvgIpc) is 3.37. The van der Waals surface area contributed by atoms with Crippen LogP contribution >= 0.6 is 0 Å². The Morgan fingerprint density at radius 1 is 0.929 bits per heavy atom. The summed E-state index contributed by atoms with van der Waals surface area (Å²) in [5, 5.41) is 1.06. The number of ether oxygens (including phenoxy) is 1. The number of amides is 1. The van der Waals surface area contributed by atoms with E-state index >= 15 is 0 Å². The zero-order valence-corrected chi connectivity index (χ0v) is 23.1. The predicted molar refractivity (Wildman–Crippen MR) is 165 cm³/mol. The fourth-order valence-electron chi connectivity index (χ4n) is 5.89. The lowest BCUT2D eigenvalue weighted by molar-refractivity contribution is -0.754. The lowest BCUT2D eigenvalue weighted by atomic mass is 9.94. The quantitative estimate of drug-likeness (QED) is 0.232. The SMILES string of the molecule is N[N+]12C=CN=CC1=C(c1ccc3ccc(-c4ccccc4)nc3c1)N=C2C1CCN(C(=O)OCc2ccccc2)CC1. The number of carbonyl (C=O) groups is 1. The Morgan fingerprint density at radius 3 is 2.45 bits per heavy atom. The van der Waals surface area contributed by atoms with Gasteiger partial charge in [-0.05, 0) is 30.5 Å². The van der Waals surface area contributed by atoms with Crippen LogP contribution in [-0.2, 0) is 11.3 Å². The number of quaternary nitrogens is 1. The molecule has 1 aromatic heterocycles. The van der Waals surface area contributed by atoms with Crippen molar-refractivity contribution < 1.29 is 14.1 Å². The Bertz CT molecular complexity index is 1770. The second kappa shape index (κ2) is 10.8. The molecule has 8 heteroatoms. The normalized spacial score (nSPS) is 20.1. The Hall–Kier alpha value is -4.92. The van der Waals surface area contributed by atoms with Gasteiger partial charge in [-0.25, -0.2) is 9.78 Å². The molecule has 1 unspecified atom stereocenters. The predicted octanol–water partition coefficient (Wildman–Crippen LogP) is 6.28. The Labute approximate surface area is 244 Å². The van der Waals surface area contributed by atoms with E-state index in [-0.39, 0.29) is 23.2 Å². The van der Waals surface area contributed by atoms with Crippen LogP contribution < -0.4 is 5.84 Å². The molecular weight excluding hydrogens is 524 g/mol. The summed E-state index contributed by atoms with van der Waals surface area (Å²) < 4.78 is 5.56. The molecule has 0 spiro atoms. The molecule has 0 bridgehead atoms. The number of nitrogens with two attached hydrogens (primary N) is 1. The van der Waals surface area contributed by atoms with Crippen LogP contribution in [0.1, 0.15) is 24.0 Å². The average molecular weight is 556 g/mol. The zero-order chi connectivity index (χ0) is 28.5. The fourth-order valence-corrected chi connectivity index (χ4v) is 5.89. The van der Waals surface area contributed by atoms with E-state index < -0.39 is 0 Å². The summed E-state index contributed by atoms with van der Waals surface area (Å²) in [5.41, 5.74) is 6.45. The summed E-state index contributed by atoms with van der Waals surface area (Å²) in [6.07, 6.45) is 6.63. The van der Waals surface area contributed by atoms with Crippen molar-refractivity contribution in [2.24, 2.45) is 21.7 Å². The summed E-state index contributed by atoms with van der Waals surface area (Å²) in [6, 6.07) is 30.3. The van der Waals surface area contributed by atoms with Gasteiger partial charge in [-0.15, -0.1) is 4.59 Å². The lowest BCUT2D eigenvalue weighted by Gasteiger charge is -2.35. The van der Waals surface area contributed by atoms with E-state index in [4.69, 9.17) is 20.6 Å². The van der Waals surface area contributed by atoms with Gasteiger partial charge < -0.3 is 9.64 Å². The number of benzene rings is 3. The molecule has 1 fully saturated rings. The molecule has 0 radical (unpaired) electrons. The minimum atomic E-state index is -0.287. The third-order valence-corrected chi connectivity index (χ3v) is 8.19. The van der Waals surface area contributed by atoms with Gasteiger partial charge in [-0.1, -0.05) is 78.9 Å². The van der Waals surface area contributed by atoms with Gasteiger partial charge in [0, 0.05) is 29.6 Å². The van der Waals surface area contributed by atoms with Crippen molar-refractivity contribution in [1.29, 1.82) is 0 Å². The highest BCUT2D eigenvalue weighted by Crippen LogP contribution is 2.39. The molecule has 0 aliphatic carbocycles. The summed E-state index contributed by atoms with van der Waals surface area (Å²) in [6.45, 7) is 1.44. The summed E-state index contributed by atoms with van der Waals surface area (Å²) in [4.78, 5) is 29.1. The fraction of sp³-hybridized carbons (Fsp3) is 0.176. The van der Waals surface area contributed by atoms with Crippen molar-refractivity contribution in [3.8, 4) is 11.3 Å². The van der Waals surface area contributed by atoms with Gasteiger partial charge in [0.2, 0.25) is 11.5 Å². The molecule has 1 atom stereocenters. The van der Waals surface area contributed by atoms with Crippen molar-refractivity contribution in [2.45, 2.75) is 19.4 Å². The molecule has 7 rings (SSSR count). The van der Waals surface area contributed by atoms with Gasteiger partial charge >= 0.3 is 6.09 Å². The molecular formula is C34H31N6O2+. The minimum absolute atomic E-state index is 0.00251. The molecule has 42 heavy (non-hydrogen) atoms. The number of carbonyl (C=O) groups excluding carboxylic acids is 1. The molecule has 1 amide bonds. The van der Waals surface area contributed by atoms with Crippen LogP contribution in [-0.4, -0.2) is 45.7 Å². The van der Waals surface area contributed by atoms with Gasteiger partial charge in [0.25, 0.3) is 0 Å². The number of aliphatic imine (C=N–C) groups is 2. The van der Waals surface area contributed by atoms with Crippen LogP contribution in [0.15, 0.2) is 119 Å². The number of aromatic nitrogens is 1. The number of amidine groups is 1. The third-order valence-electron chi connectivity index (χ3n) is 8.19. The maximum Gasteiger partial charge on any atom is 0.410 e. The van der Waals surface area contributed by atoms with Gasteiger partial charge in [0.1, 0.15) is 18.5 Å². The summed E-state index contributed by atoms with van der Waals surface area (Å²) in [5.74, 6) is 8.01. The van der Waals surface area contributed by atoms with Crippen LogP contribution in [0.25, 0.3) is 27.9 Å². The molecule has 8 nitrogen and oxygen atoms in total. The molecule has 208 valence electrons. The summed E-state index contributed by atoms with van der Waals surface area (Å²) >= 11 is 0. The minimum Gasteiger partial charge on any atom is -0.445 e. The lowest BCUT2D eigenvalue weighted by Crippen LogP contribution is -2.56. The van der Waals surface area contributed by atoms with Gasteiger partial charge in [0.05, 0.1) is 29.5 Å². The first-order valence-electron chi connectivity index (χ1n) is 14.2. The second-order valence-electron chi connectivity index (χ2n) is 10.8. The Morgan fingerprint density at radius 2 is 1.67 bits per heavy atom. The monoisotopic (exact) mass is 555 g/mol. The molecule has 3 aliphatic heterocycles. The molecule has 3 aromatic carbocycles. The Balaban J connectivity index is 1.13. The van der Waals surface area contributed by atoms with E-state index in [1.54, 1.807) is 17.3 Å². The van der Waals surface area contributed by atoms with E-state index in [1.165, 1.54) is 0 Å². The number of fused-ring (bicyclic) bond motifs is 2. The van der Waals surface area contributed by atoms with Crippen LogP contribution in [0, 0.1) is 5.92 Å². The largest absolute Gasteiger partial charge is 0.445 e. The highest BCUT2D eigenvalue weighted by atomic mass is 16.6. The van der Waals surface area contributed by atoms with Crippen LogP contribution in [0.4, 0.5) is 4.79 Å². The maximum atomic E-state index is 12.8. The van der Waals surface area contributed by atoms with E-state index in [0.717, 1.165) is 63.4 Å². The number of nitrogens with zero attached hydrogens (tertiary/aromatic N) is 5. The number of rotatable bonds is 5. The smallest absolute Gasteiger partial charge is 0.410 e. The molecule has 4 aromatic rings. The van der Waals surface area contributed by atoms with E-state index in [1.807, 2.05) is 54.7 Å². The van der Waals surface area contributed by atoms with Crippen molar-refractivity contribution in [3.63, 3.8) is 0 Å². The molecule has 3 aliphatic rings. The van der Waals surface area contributed by atoms with E-state index in [9.17, 15) is 4.79 Å². The van der Waals surface area contributed by atoms with Crippen LogP contribution in [0.2, 0.25) is 0 Å². The van der Waals surface area contributed by atoms with Crippen molar-refractivity contribution in [3.05, 3.63) is 120 Å². The van der Waals surface area contributed by atoms with Crippen LogP contribution in [0.5, 0.6) is 0 Å². The molecule has 0 saturated carbocycles. The number of hydrogen-bond donors (Lipinski definition) is 1. The van der Waals surface area contributed by atoms with E-state index in [0.29, 0.717) is 13.1 Å². The van der Waals surface area contributed by atoms with Crippen molar-refractivity contribution in [2.75, 3.05) is 13.1 Å². The molecule has 2 N–H and O–H groups in total. The first-order chi connectivity index (χ1) is 20.6. The maximum absolute atomic E-state index is 12.8. The third kappa shape index (κ3) is 4.81. The first kappa shape index (κ1) is 26.0. The first-order valence-corrected chi connectivity index (χ1v) is 14.2. The van der Waals surface area contributed by atoms with E-state index in [2.05, 4.69) is 47.5 Å². The van der Waals surface area contributed by atoms with Crippen LogP contribution in [0.3, 0.4) is 0 Å². The van der Waals surface area contributed by atoms with Gasteiger partial charge in [-0.2, -0.15) is 10.8 Å². The highest BCUT2D eigenvalue weighted by Gasteiger charge is 2.47. The summed E-state index contributed by atoms with van der Waals surface area (Å²) in [7, 11) is 0. The number of piperidine rings is 1. The number of hydrogen-bond acceptors (Lipinski definition) is 6. The van der Waals surface area contributed by atoms with Crippen molar-refractivity contribution in [1.82, 2.24) is 9.88 Å². The van der Waals surface area contributed by atoms with Gasteiger partial charge in [0.15, 0.2) is 0 Å². The topological polar surface area (TPSA) is 93.2 Å². The second-order valence-corrected chi connectivity index (χ2v) is 10.8. The number of pyridine rings is 1. The molecule has 1 saturated heterocycles. The molecule has 4 heterocycles. The number of allylic oxidation sites excluding steroid dienone is 1. The zero-order valence-electron chi connectivity index (χ0n) is 23.1. The standard InChI is InChI=1S/C34H31N6O2/c35-40-20-17-36-22-31(40)32(28-12-11-26-13-14-29(37-30(26)21-28)25-9-5-2-6-10-25)38-33(40)27-15-18-39(19-16-27)34(41)42-23-24-7-3-1-4-8-24/h1-14,17,20-22,27H,15-16,18-19,23,35H2/q+1. The van der Waals surface area contributed by atoms with Crippen molar-refractivity contribution >= 4 is 34.7 Å². The van der Waals surface area contributed by atoms with Gasteiger partial charge in [-0.3, -0.25) is 4.99 Å². The highest BCUT2D eigenvalue weighted by molar-refractivity contribution is 6.01. The Kier molecular flexibility index (Phi) is 6.70. The number of likely N-dealkylation sites (tertiary alicyclic amines) is 1.